The number of hydrogen-bond acceptors (Lipinski definition) is 5. The summed E-state index contributed by atoms with van der Waals surface area (Å²) in [4.78, 5) is 39.4. The molecule has 0 aromatic heterocycles. The average Bonchev–Trinajstić information content (AvgIpc) is 2.86. The quantitative estimate of drug-likeness (QED) is 0.188. The Labute approximate surface area is 233 Å². The van der Waals surface area contributed by atoms with Gasteiger partial charge in [-0.3, -0.25) is 14.9 Å². The van der Waals surface area contributed by atoms with Gasteiger partial charge in [-0.15, -0.1) is 0 Å². The standard InChI is InChI=1S/C28H24ClIN2O5/c1-3-36-20-11-9-19(10-12-20)32-27(34)22(26(33)31-28(32)35)13-17-14-24(30)21(25(15-17)37-4-2)16-18-7-5-6-8-23(18)29/h5-15H,3-4,16H2,1-2H3,(H,31,33,35)/b22-13+. The molecule has 1 aliphatic heterocycles. The number of nitrogens with one attached hydrogen (secondary N) is 1. The summed E-state index contributed by atoms with van der Waals surface area (Å²) >= 11 is 8.58. The summed E-state index contributed by atoms with van der Waals surface area (Å²) < 4.78 is 12.2. The lowest BCUT2D eigenvalue weighted by atomic mass is 10.0. The highest BCUT2D eigenvalue weighted by Crippen LogP contribution is 2.32. The van der Waals surface area contributed by atoms with E-state index in [1.54, 1.807) is 30.3 Å². The van der Waals surface area contributed by atoms with Crippen molar-refractivity contribution in [3.63, 3.8) is 0 Å². The van der Waals surface area contributed by atoms with E-state index in [-0.39, 0.29) is 5.57 Å². The molecular formula is C28H24ClIN2O5. The van der Waals surface area contributed by atoms with Gasteiger partial charge in [0.1, 0.15) is 17.1 Å². The van der Waals surface area contributed by atoms with Crippen LogP contribution < -0.4 is 19.7 Å². The lowest BCUT2D eigenvalue weighted by Gasteiger charge is -2.26. The minimum Gasteiger partial charge on any atom is -0.494 e. The first-order chi connectivity index (χ1) is 17.8. The number of benzene rings is 3. The van der Waals surface area contributed by atoms with E-state index in [4.69, 9.17) is 21.1 Å². The van der Waals surface area contributed by atoms with Crippen LogP contribution in [0.4, 0.5) is 10.5 Å². The van der Waals surface area contributed by atoms with Crippen LogP contribution in [0.1, 0.15) is 30.5 Å². The van der Waals surface area contributed by atoms with Gasteiger partial charge in [-0.1, -0.05) is 29.8 Å². The van der Waals surface area contributed by atoms with Crippen molar-refractivity contribution in [1.82, 2.24) is 5.32 Å². The minimum absolute atomic E-state index is 0.161. The lowest BCUT2D eigenvalue weighted by Crippen LogP contribution is -2.54. The number of barbiturate groups is 1. The second kappa shape index (κ2) is 11.8. The number of hydrogen-bond donors (Lipinski definition) is 1. The molecule has 190 valence electrons. The Morgan fingerprint density at radius 2 is 1.68 bits per heavy atom. The molecule has 7 nitrogen and oxygen atoms in total. The molecule has 3 aromatic carbocycles. The molecule has 1 N–H and O–H groups in total. The van der Waals surface area contributed by atoms with Gasteiger partial charge in [-0.25, -0.2) is 9.69 Å². The highest BCUT2D eigenvalue weighted by atomic mass is 127. The Morgan fingerprint density at radius 1 is 0.973 bits per heavy atom. The minimum atomic E-state index is -0.809. The fourth-order valence-electron chi connectivity index (χ4n) is 3.92. The molecule has 1 aliphatic rings. The van der Waals surface area contributed by atoms with Crippen LogP contribution in [0.25, 0.3) is 6.08 Å². The highest BCUT2D eigenvalue weighted by Gasteiger charge is 2.37. The largest absolute Gasteiger partial charge is 0.494 e. The Kier molecular flexibility index (Phi) is 8.50. The molecule has 0 unspecified atom stereocenters. The van der Waals surface area contributed by atoms with Crippen molar-refractivity contribution in [2.75, 3.05) is 18.1 Å². The maximum absolute atomic E-state index is 13.3. The normalized spacial score (nSPS) is 14.6. The third kappa shape index (κ3) is 5.97. The zero-order chi connectivity index (χ0) is 26.5. The number of amides is 4. The van der Waals surface area contributed by atoms with Gasteiger partial charge in [0.15, 0.2) is 0 Å². The van der Waals surface area contributed by atoms with Crippen molar-refractivity contribution in [2.45, 2.75) is 20.3 Å². The summed E-state index contributed by atoms with van der Waals surface area (Å²) in [6.07, 6.45) is 2.03. The number of urea groups is 1. The third-order valence-corrected chi connectivity index (χ3v) is 6.95. The molecule has 37 heavy (non-hydrogen) atoms. The van der Waals surface area contributed by atoms with Crippen LogP contribution in [0, 0.1) is 3.57 Å². The SMILES string of the molecule is CCOc1ccc(N2C(=O)NC(=O)/C(=C\c3cc(I)c(Cc4ccccc4Cl)c(OCC)c3)C2=O)cc1. The van der Waals surface area contributed by atoms with Gasteiger partial charge in [0.2, 0.25) is 0 Å². The van der Waals surface area contributed by atoms with Crippen molar-refractivity contribution in [1.29, 1.82) is 0 Å². The molecule has 0 radical (unpaired) electrons. The summed E-state index contributed by atoms with van der Waals surface area (Å²) in [5.74, 6) is -0.238. The van der Waals surface area contributed by atoms with Crippen LogP contribution >= 0.6 is 34.2 Å². The summed E-state index contributed by atoms with van der Waals surface area (Å²) in [5.41, 5.74) is 2.66. The van der Waals surface area contributed by atoms with Gasteiger partial charge in [0, 0.05) is 20.6 Å². The third-order valence-electron chi connectivity index (χ3n) is 5.62. The molecular weight excluding hydrogens is 607 g/mol. The van der Waals surface area contributed by atoms with Crippen LogP contribution in [-0.2, 0) is 16.0 Å². The number of nitrogens with zero attached hydrogens (tertiary/aromatic N) is 1. The fourth-order valence-corrected chi connectivity index (χ4v) is 4.94. The van der Waals surface area contributed by atoms with Gasteiger partial charge in [-0.2, -0.15) is 0 Å². The van der Waals surface area contributed by atoms with E-state index in [1.165, 1.54) is 6.08 Å². The molecule has 1 saturated heterocycles. The topological polar surface area (TPSA) is 84.9 Å². The molecule has 0 atom stereocenters. The van der Waals surface area contributed by atoms with Gasteiger partial charge < -0.3 is 9.47 Å². The lowest BCUT2D eigenvalue weighted by molar-refractivity contribution is -0.122. The first-order valence-corrected chi connectivity index (χ1v) is 13.1. The molecule has 0 aliphatic carbocycles. The van der Waals surface area contributed by atoms with Crippen molar-refractivity contribution in [2.24, 2.45) is 0 Å². The zero-order valence-electron chi connectivity index (χ0n) is 20.2. The van der Waals surface area contributed by atoms with Crippen molar-refractivity contribution < 1.29 is 23.9 Å². The van der Waals surface area contributed by atoms with Crippen LogP contribution in [0.3, 0.4) is 0 Å². The summed E-state index contributed by atoms with van der Waals surface area (Å²) in [6.45, 7) is 4.67. The first kappa shape index (κ1) is 26.7. The monoisotopic (exact) mass is 630 g/mol. The van der Waals surface area contributed by atoms with E-state index in [1.807, 2.05) is 44.2 Å². The highest BCUT2D eigenvalue weighted by molar-refractivity contribution is 14.1. The molecule has 4 rings (SSSR count). The molecule has 3 aromatic rings. The van der Waals surface area contributed by atoms with Crippen LogP contribution in [0.15, 0.2) is 66.2 Å². The smallest absolute Gasteiger partial charge is 0.335 e. The van der Waals surface area contributed by atoms with Gasteiger partial charge in [0.05, 0.1) is 18.9 Å². The molecule has 1 fully saturated rings. The predicted molar refractivity (Wildman–Crippen MR) is 151 cm³/mol. The maximum Gasteiger partial charge on any atom is 0.335 e. The van der Waals surface area contributed by atoms with Crippen LogP contribution in [0.2, 0.25) is 5.02 Å². The molecule has 4 amide bonds. The second-order valence-electron chi connectivity index (χ2n) is 8.07. The van der Waals surface area contributed by atoms with Crippen molar-refractivity contribution >= 4 is 63.8 Å². The van der Waals surface area contributed by atoms with Gasteiger partial charge >= 0.3 is 6.03 Å². The Morgan fingerprint density at radius 3 is 2.35 bits per heavy atom. The van der Waals surface area contributed by atoms with E-state index in [0.717, 1.165) is 19.6 Å². The Hall–Kier alpha value is -3.37. The van der Waals surface area contributed by atoms with Gasteiger partial charge in [0.25, 0.3) is 11.8 Å². The number of imide groups is 2. The number of ether oxygens (including phenoxy) is 2. The number of rotatable bonds is 8. The fraction of sp³-hybridized carbons (Fsp3) is 0.179. The van der Waals surface area contributed by atoms with Gasteiger partial charge in [-0.05, 0) is 96.1 Å². The van der Waals surface area contributed by atoms with E-state index >= 15 is 0 Å². The molecule has 1 heterocycles. The predicted octanol–water partition coefficient (Wildman–Crippen LogP) is 6.00. The Balaban J connectivity index is 1.69. The van der Waals surface area contributed by atoms with E-state index in [0.29, 0.717) is 47.4 Å². The average molecular weight is 631 g/mol. The van der Waals surface area contributed by atoms with Crippen molar-refractivity contribution in [3.8, 4) is 11.5 Å². The summed E-state index contributed by atoms with van der Waals surface area (Å²) in [6, 6.07) is 16.9. The molecule has 0 bridgehead atoms. The van der Waals surface area contributed by atoms with Crippen LogP contribution in [0.5, 0.6) is 11.5 Å². The van der Waals surface area contributed by atoms with E-state index in [9.17, 15) is 14.4 Å². The maximum atomic E-state index is 13.3. The molecule has 9 heteroatoms. The summed E-state index contributed by atoms with van der Waals surface area (Å²) in [5, 5.41) is 2.92. The number of carbonyl (C=O) groups excluding carboxylic acids is 3. The molecule has 0 saturated carbocycles. The number of halogens is 2. The number of carbonyl (C=O) groups is 3. The number of anilines is 1. The second-order valence-corrected chi connectivity index (χ2v) is 9.63. The zero-order valence-corrected chi connectivity index (χ0v) is 23.1. The summed E-state index contributed by atoms with van der Waals surface area (Å²) in [7, 11) is 0. The van der Waals surface area contributed by atoms with E-state index in [2.05, 4.69) is 27.9 Å². The first-order valence-electron chi connectivity index (χ1n) is 11.6. The van der Waals surface area contributed by atoms with Crippen LogP contribution in [-0.4, -0.2) is 31.1 Å². The Bertz CT molecular complexity index is 1390. The van der Waals surface area contributed by atoms with Crippen molar-refractivity contribution in [3.05, 3.63) is 91.5 Å². The molecule has 0 spiro atoms. The van der Waals surface area contributed by atoms with E-state index < -0.39 is 17.8 Å².